The molecule has 2 aliphatic rings. The van der Waals surface area contributed by atoms with E-state index in [-0.39, 0.29) is 69.7 Å². The average Bonchev–Trinajstić information content (AvgIpc) is 3.70. The fourth-order valence-electron chi connectivity index (χ4n) is 5.68. The summed E-state index contributed by atoms with van der Waals surface area (Å²) in [5.41, 5.74) is -0.904. The minimum Gasteiger partial charge on any atom is -0.444 e. The lowest BCUT2D eigenvalue weighted by Crippen LogP contribution is -2.44. The van der Waals surface area contributed by atoms with Crippen molar-refractivity contribution in [2.45, 2.75) is 78.2 Å². The zero-order chi connectivity index (χ0) is 34.7. The smallest absolute Gasteiger partial charge is 0.412 e. The van der Waals surface area contributed by atoms with Gasteiger partial charge in [0.05, 0.1) is 48.0 Å². The normalized spacial score (nSPS) is 17.8. The molecule has 2 atom stereocenters. The van der Waals surface area contributed by atoms with E-state index in [2.05, 4.69) is 25.6 Å². The Morgan fingerprint density at radius 3 is 2.42 bits per heavy atom. The van der Waals surface area contributed by atoms with E-state index in [0.717, 1.165) is 17.5 Å². The Morgan fingerprint density at radius 2 is 1.73 bits per heavy atom. The second-order valence-electron chi connectivity index (χ2n) is 13.4. The molecular formula is C32H32F3N7O5S. The van der Waals surface area contributed by atoms with Gasteiger partial charge >= 0.3 is 12.2 Å². The molecular weight excluding hydrogens is 651 g/mol. The topological polar surface area (TPSA) is 152 Å². The van der Waals surface area contributed by atoms with E-state index in [0.29, 0.717) is 16.5 Å². The van der Waals surface area contributed by atoms with Gasteiger partial charge in [0.15, 0.2) is 11.6 Å². The molecule has 4 aromatic rings. The fraction of sp³-hybridized carbons (Fsp3) is 0.438. The summed E-state index contributed by atoms with van der Waals surface area (Å²) in [7, 11) is 0. The number of benzene rings is 1. The number of alkyl halides is 1. The number of nitrogens with one attached hydrogen (secondary N) is 2. The molecule has 1 saturated heterocycles. The van der Waals surface area contributed by atoms with Crippen molar-refractivity contribution in [3.8, 4) is 17.3 Å². The van der Waals surface area contributed by atoms with Crippen molar-refractivity contribution in [1.29, 1.82) is 5.26 Å². The van der Waals surface area contributed by atoms with Crippen LogP contribution in [0.15, 0.2) is 12.4 Å². The highest BCUT2D eigenvalue weighted by Crippen LogP contribution is 2.46. The maximum absolute atomic E-state index is 16.8. The second kappa shape index (κ2) is 12.0. The van der Waals surface area contributed by atoms with Crippen molar-refractivity contribution < 1.29 is 37.0 Å². The van der Waals surface area contributed by atoms with Gasteiger partial charge in [-0.2, -0.15) is 5.26 Å². The van der Waals surface area contributed by atoms with Gasteiger partial charge in [-0.1, -0.05) is 0 Å². The lowest BCUT2D eigenvalue weighted by atomic mass is 9.94. The van der Waals surface area contributed by atoms with Gasteiger partial charge in [-0.3, -0.25) is 10.3 Å². The van der Waals surface area contributed by atoms with Gasteiger partial charge in [-0.05, 0) is 52.7 Å². The molecule has 48 heavy (non-hydrogen) atoms. The third-order valence-corrected chi connectivity index (χ3v) is 8.67. The number of aromatic nitrogens is 3. The maximum Gasteiger partial charge on any atom is 0.412 e. The Labute approximate surface area is 277 Å². The van der Waals surface area contributed by atoms with E-state index in [1.165, 1.54) is 11.1 Å². The lowest BCUT2D eigenvalue weighted by molar-refractivity contribution is 0.0489. The molecule has 1 aromatic carbocycles. The molecule has 0 spiro atoms. The van der Waals surface area contributed by atoms with E-state index in [4.69, 9.17) is 14.2 Å². The van der Waals surface area contributed by atoms with Gasteiger partial charge in [0.2, 0.25) is 5.95 Å². The number of halogens is 3. The minimum absolute atomic E-state index is 0.00242. The highest BCUT2D eigenvalue weighted by atomic mass is 32.1. The molecule has 0 radical (unpaired) electrons. The SMILES string of the molecule is CC(C)(C)OC(=O)Nc1sc2c(F)cnc(-c3c4c(c5cnc(N6C[C@@H](F)[C@@H](NC(=O)OC(C)(C)C)C6)nc5c3F)COC4)c2c1C#N. The number of ether oxygens (including phenoxy) is 3. The van der Waals surface area contributed by atoms with Crippen LogP contribution in [0.25, 0.3) is 32.2 Å². The predicted molar refractivity (Wildman–Crippen MR) is 171 cm³/mol. The quantitative estimate of drug-likeness (QED) is 0.244. The molecule has 1 fully saturated rings. The number of nitrogens with zero attached hydrogens (tertiary/aromatic N) is 5. The van der Waals surface area contributed by atoms with E-state index < -0.39 is 47.2 Å². The van der Waals surface area contributed by atoms with Crippen LogP contribution >= 0.6 is 11.3 Å². The summed E-state index contributed by atoms with van der Waals surface area (Å²) in [6, 6.07) is 1.08. The van der Waals surface area contributed by atoms with Crippen LogP contribution in [0, 0.1) is 23.0 Å². The average molecular weight is 684 g/mol. The van der Waals surface area contributed by atoms with Crippen LogP contribution in [0.1, 0.15) is 58.2 Å². The molecule has 0 unspecified atom stereocenters. The van der Waals surface area contributed by atoms with Gasteiger partial charge in [0.1, 0.15) is 34.0 Å². The molecule has 5 heterocycles. The molecule has 0 aliphatic carbocycles. The number of fused-ring (bicyclic) bond motifs is 4. The number of thiophene rings is 1. The highest BCUT2D eigenvalue weighted by molar-refractivity contribution is 7.23. The van der Waals surface area contributed by atoms with Gasteiger partial charge in [0, 0.05) is 29.1 Å². The summed E-state index contributed by atoms with van der Waals surface area (Å²) >= 11 is 0.798. The van der Waals surface area contributed by atoms with E-state index in [9.17, 15) is 14.9 Å². The Bertz CT molecular complexity index is 2020. The summed E-state index contributed by atoms with van der Waals surface area (Å²) in [6.07, 6.45) is -0.740. The monoisotopic (exact) mass is 683 g/mol. The first-order valence-electron chi connectivity index (χ1n) is 15.0. The van der Waals surface area contributed by atoms with Gasteiger partial charge in [-0.25, -0.2) is 32.7 Å². The first-order valence-corrected chi connectivity index (χ1v) is 15.8. The van der Waals surface area contributed by atoms with Crippen molar-refractivity contribution >= 4 is 55.5 Å². The van der Waals surface area contributed by atoms with Crippen molar-refractivity contribution in [2.24, 2.45) is 0 Å². The summed E-state index contributed by atoms with van der Waals surface area (Å²) in [5.74, 6) is -1.57. The third kappa shape index (κ3) is 6.27. The van der Waals surface area contributed by atoms with E-state index >= 15 is 13.2 Å². The fourth-order valence-corrected chi connectivity index (χ4v) is 6.72. The van der Waals surface area contributed by atoms with Crippen LogP contribution < -0.4 is 15.5 Å². The molecule has 3 aromatic heterocycles. The number of hydrogen-bond acceptors (Lipinski definition) is 11. The van der Waals surface area contributed by atoms with Crippen LogP contribution in [0.2, 0.25) is 0 Å². The Hall–Kier alpha value is -4.75. The summed E-state index contributed by atoms with van der Waals surface area (Å²) in [5, 5.41) is 15.6. The molecule has 0 bridgehead atoms. The largest absolute Gasteiger partial charge is 0.444 e. The number of pyridine rings is 1. The van der Waals surface area contributed by atoms with E-state index in [1.807, 2.05) is 6.07 Å². The van der Waals surface area contributed by atoms with Crippen LogP contribution in [0.3, 0.4) is 0 Å². The van der Waals surface area contributed by atoms with Crippen molar-refractivity contribution in [3.05, 3.63) is 40.7 Å². The van der Waals surface area contributed by atoms with Crippen LogP contribution in [0.5, 0.6) is 0 Å². The first kappa shape index (κ1) is 33.2. The Kier molecular flexibility index (Phi) is 8.32. The molecule has 0 saturated carbocycles. The Morgan fingerprint density at radius 1 is 1.04 bits per heavy atom. The summed E-state index contributed by atoms with van der Waals surface area (Å²) in [4.78, 5) is 39.5. The maximum atomic E-state index is 16.8. The van der Waals surface area contributed by atoms with Gasteiger partial charge in [-0.15, -0.1) is 11.3 Å². The summed E-state index contributed by atoms with van der Waals surface area (Å²) < 4.78 is 63.3. The second-order valence-corrected chi connectivity index (χ2v) is 14.5. The number of carbonyl (C=O) groups excluding carboxylic acids is 2. The minimum atomic E-state index is -1.48. The molecule has 2 N–H and O–H groups in total. The standard InChI is InChI=1S/C32H32F3N7O5S/c1-31(2,3)46-29(43)39-20-11-42(10-19(20)34)28-38-8-15-16-12-45-13-17(16)21(23(35)24(15)40-28)25-22-14(7-36)27(41-30(44)47-32(4,5)6)48-26(22)18(33)9-37-25/h8-9,19-20H,10-13H2,1-6H3,(H,39,43)(H,41,44)/t19-,20+/m1/s1. The molecule has 2 amide bonds. The lowest BCUT2D eigenvalue weighted by Gasteiger charge is -2.22. The molecule has 2 aliphatic heterocycles. The third-order valence-electron chi connectivity index (χ3n) is 7.55. The predicted octanol–water partition coefficient (Wildman–Crippen LogP) is 6.48. The van der Waals surface area contributed by atoms with Crippen molar-refractivity contribution in [2.75, 3.05) is 23.3 Å². The number of amides is 2. The van der Waals surface area contributed by atoms with Gasteiger partial charge < -0.3 is 24.4 Å². The number of anilines is 2. The zero-order valence-corrected chi connectivity index (χ0v) is 27.8. The van der Waals surface area contributed by atoms with Crippen molar-refractivity contribution in [1.82, 2.24) is 20.3 Å². The van der Waals surface area contributed by atoms with E-state index in [1.54, 1.807) is 41.5 Å². The molecule has 12 nitrogen and oxygen atoms in total. The number of nitriles is 1. The first-order chi connectivity index (χ1) is 22.5. The molecule has 16 heteroatoms. The van der Waals surface area contributed by atoms with Gasteiger partial charge in [0.25, 0.3) is 0 Å². The molecule has 6 rings (SSSR count). The number of rotatable bonds is 4. The number of alkyl carbamates (subject to hydrolysis) is 1. The number of hydrogen-bond donors (Lipinski definition) is 2. The van der Waals surface area contributed by atoms with Crippen LogP contribution in [0.4, 0.5) is 33.7 Å². The Balaban J connectivity index is 1.43. The summed E-state index contributed by atoms with van der Waals surface area (Å²) in [6.45, 7) is 10.0. The van der Waals surface area contributed by atoms with Crippen molar-refractivity contribution in [3.63, 3.8) is 0 Å². The van der Waals surface area contributed by atoms with Crippen LogP contribution in [-0.2, 0) is 27.4 Å². The highest BCUT2D eigenvalue weighted by Gasteiger charge is 2.37. The number of carbonyl (C=O) groups is 2. The zero-order valence-electron chi connectivity index (χ0n) is 27.0. The van der Waals surface area contributed by atoms with Crippen LogP contribution in [-0.4, -0.2) is 63.6 Å². The molecule has 252 valence electrons.